The number of aromatic nitrogens is 1. The Morgan fingerprint density at radius 1 is 1.19 bits per heavy atom. The van der Waals surface area contributed by atoms with Gasteiger partial charge in [-0.25, -0.2) is 4.98 Å². The zero-order valence-electron chi connectivity index (χ0n) is 17.9. The lowest BCUT2D eigenvalue weighted by Gasteiger charge is -2.34. The lowest BCUT2D eigenvalue weighted by molar-refractivity contribution is 0.0945. The molecule has 2 heterocycles. The second-order valence-corrected chi connectivity index (χ2v) is 10.2. The molecule has 3 aromatic rings. The monoisotopic (exact) mass is 474 g/mol. The molecule has 5 nitrogen and oxygen atoms in total. The van der Waals surface area contributed by atoms with Crippen molar-refractivity contribution in [1.82, 2.24) is 15.2 Å². The predicted octanol–water partition coefficient (Wildman–Crippen LogP) is 4.92. The summed E-state index contributed by atoms with van der Waals surface area (Å²) in [5.41, 5.74) is 2.94. The van der Waals surface area contributed by atoms with Crippen LogP contribution in [0.2, 0.25) is 5.02 Å². The molecule has 1 amide bonds. The minimum absolute atomic E-state index is 0.0110. The van der Waals surface area contributed by atoms with Gasteiger partial charge < -0.3 is 10.2 Å². The maximum absolute atomic E-state index is 12.6. The van der Waals surface area contributed by atoms with Crippen molar-refractivity contribution in [3.8, 4) is 0 Å². The van der Waals surface area contributed by atoms with Crippen molar-refractivity contribution in [2.45, 2.75) is 18.7 Å². The van der Waals surface area contributed by atoms with E-state index in [2.05, 4.69) is 29.0 Å². The molecule has 31 heavy (non-hydrogen) atoms. The van der Waals surface area contributed by atoms with Gasteiger partial charge in [0.05, 0.1) is 20.8 Å². The Morgan fingerprint density at radius 3 is 2.71 bits per heavy atom. The number of halogens is 1. The summed E-state index contributed by atoms with van der Waals surface area (Å²) in [6.07, 6.45) is 0. The van der Waals surface area contributed by atoms with Gasteiger partial charge in [0.1, 0.15) is 0 Å². The van der Waals surface area contributed by atoms with Crippen LogP contribution in [0.15, 0.2) is 41.3 Å². The average molecular weight is 475 g/mol. The predicted molar refractivity (Wildman–Crippen MR) is 133 cm³/mol. The highest BCUT2D eigenvalue weighted by molar-refractivity contribution is 7.99. The normalized spacial score (nSPS) is 14.9. The number of carbonyl (C=O) groups is 1. The molecule has 1 saturated heterocycles. The molecular weight excluding hydrogens is 448 g/mol. The standard InChI is InChI=1S/C23H27ClN4OS2/c1-3-30-19-7-5-4-6-17(19)22(29)25-10-11-27-12-14-28(15-13-27)23-26-20-16(2)8-9-18(24)21(20)31-23/h4-9H,3,10-15H2,1-2H3,(H,25,29). The summed E-state index contributed by atoms with van der Waals surface area (Å²) in [5.74, 6) is 0.964. The van der Waals surface area contributed by atoms with Crippen molar-refractivity contribution in [3.05, 3.63) is 52.5 Å². The van der Waals surface area contributed by atoms with Gasteiger partial charge in [0.15, 0.2) is 5.13 Å². The van der Waals surface area contributed by atoms with Crippen molar-refractivity contribution in [3.63, 3.8) is 0 Å². The van der Waals surface area contributed by atoms with Gasteiger partial charge in [-0.05, 0) is 36.4 Å². The smallest absolute Gasteiger partial charge is 0.252 e. The SMILES string of the molecule is CCSc1ccccc1C(=O)NCCN1CCN(c2nc3c(C)ccc(Cl)c3s2)CC1. The van der Waals surface area contributed by atoms with E-state index in [1.165, 1.54) is 0 Å². The first-order valence-electron chi connectivity index (χ1n) is 10.6. The number of nitrogens with zero attached hydrogens (tertiary/aromatic N) is 3. The maximum atomic E-state index is 12.6. The fraction of sp³-hybridized carbons (Fsp3) is 0.391. The number of anilines is 1. The lowest BCUT2D eigenvalue weighted by atomic mass is 10.2. The molecule has 0 radical (unpaired) electrons. The van der Waals surface area contributed by atoms with Gasteiger partial charge in [-0.2, -0.15) is 0 Å². The van der Waals surface area contributed by atoms with E-state index in [4.69, 9.17) is 16.6 Å². The first-order chi connectivity index (χ1) is 15.1. The summed E-state index contributed by atoms with van der Waals surface area (Å²) in [6.45, 7) is 9.46. The van der Waals surface area contributed by atoms with Crippen molar-refractivity contribution in [2.75, 3.05) is 49.9 Å². The topological polar surface area (TPSA) is 48.5 Å². The summed E-state index contributed by atoms with van der Waals surface area (Å²) in [6, 6.07) is 11.8. The van der Waals surface area contributed by atoms with E-state index in [0.29, 0.717) is 6.54 Å². The lowest BCUT2D eigenvalue weighted by Crippen LogP contribution is -2.48. The van der Waals surface area contributed by atoms with E-state index < -0.39 is 0 Å². The molecule has 1 fully saturated rings. The van der Waals surface area contributed by atoms with E-state index in [1.54, 1.807) is 23.1 Å². The van der Waals surface area contributed by atoms with Crippen molar-refractivity contribution in [2.24, 2.45) is 0 Å². The molecule has 0 spiro atoms. The third-order valence-electron chi connectivity index (χ3n) is 5.47. The molecule has 4 rings (SSSR count). The van der Waals surface area contributed by atoms with E-state index in [-0.39, 0.29) is 5.91 Å². The number of hydrogen-bond donors (Lipinski definition) is 1. The number of fused-ring (bicyclic) bond motifs is 1. The van der Waals surface area contributed by atoms with Crippen LogP contribution in [0.5, 0.6) is 0 Å². The van der Waals surface area contributed by atoms with Crippen LogP contribution in [-0.4, -0.2) is 60.8 Å². The Balaban J connectivity index is 1.28. The second-order valence-electron chi connectivity index (χ2n) is 7.55. The Kier molecular flexibility index (Phi) is 7.38. The summed E-state index contributed by atoms with van der Waals surface area (Å²) >= 11 is 9.75. The van der Waals surface area contributed by atoms with Crippen molar-refractivity contribution >= 4 is 56.0 Å². The number of carbonyl (C=O) groups excluding carboxylic acids is 1. The Bertz CT molecular complexity index is 1020. The highest BCUT2D eigenvalue weighted by atomic mass is 35.5. The van der Waals surface area contributed by atoms with Crippen LogP contribution in [0.4, 0.5) is 5.13 Å². The minimum Gasteiger partial charge on any atom is -0.351 e. The number of aryl methyl sites for hydroxylation is 1. The third kappa shape index (κ3) is 5.17. The zero-order valence-corrected chi connectivity index (χ0v) is 20.2. The third-order valence-corrected chi connectivity index (χ3v) is 8.01. The molecule has 0 saturated carbocycles. The maximum Gasteiger partial charge on any atom is 0.252 e. The summed E-state index contributed by atoms with van der Waals surface area (Å²) in [4.78, 5) is 23.2. The van der Waals surface area contributed by atoms with Crippen LogP contribution in [0.3, 0.4) is 0 Å². The van der Waals surface area contributed by atoms with Gasteiger partial charge in [-0.1, -0.05) is 48.1 Å². The quantitative estimate of drug-likeness (QED) is 0.492. The van der Waals surface area contributed by atoms with Crippen LogP contribution in [-0.2, 0) is 0 Å². The van der Waals surface area contributed by atoms with Gasteiger partial charge in [0, 0.05) is 44.2 Å². The van der Waals surface area contributed by atoms with Crippen molar-refractivity contribution < 1.29 is 4.79 Å². The van der Waals surface area contributed by atoms with Gasteiger partial charge in [-0.15, -0.1) is 11.8 Å². The number of benzene rings is 2. The zero-order chi connectivity index (χ0) is 21.8. The van der Waals surface area contributed by atoms with E-state index in [1.807, 2.05) is 36.4 Å². The highest BCUT2D eigenvalue weighted by Crippen LogP contribution is 2.35. The van der Waals surface area contributed by atoms with Crippen LogP contribution in [0.25, 0.3) is 10.2 Å². The molecule has 1 aliphatic rings. The van der Waals surface area contributed by atoms with Crippen LogP contribution in [0, 0.1) is 6.92 Å². The Morgan fingerprint density at radius 2 is 1.97 bits per heavy atom. The van der Waals surface area contributed by atoms with Gasteiger partial charge in [0.25, 0.3) is 5.91 Å². The van der Waals surface area contributed by atoms with Gasteiger partial charge in [0.2, 0.25) is 0 Å². The van der Waals surface area contributed by atoms with Crippen LogP contribution >= 0.6 is 34.7 Å². The number of rotatable bonds is 7. The van der Waals surface area contributed by atoms with Crippen molar-refractivity contribution in [1.29, 1.82) is 0 Å². The molecule has 0 bridgehead atoms. The average Bonchev–Trinajstić information content (AvgIpc) is 3.24. The number of piperazine rings is 1. The van der Waals surface area contributed by atoms with E-state index >= 15 is 0 Å². The first-order valence-corrected chi connectivity index (χ1v) is 12.8. The molecule has 1 aromatic heterocycles. The molecule has 1 N–H and O–H groups in total. The minimum atomic E-state index is 0.0110. The molecule has 2 aromatic carbocycles. The van der Waals surface area contributed by atoms with Gasteiger partial charge in [-0.3, -0.25) is 9.69 Å². The Hall–Kier alpha value is -1.80. The highest BCUT2D eigenvalue weighted by Gasteiger charge is 2.21. The number of thiazole rings is 1. The molecule has 164 valence electrons. The van der Waals surface area contributed by atoms with Crippen LogP contribution < -0.4 is 10.2 Å². The summed E-state index contributed by atoms with van der Waals surface area (Å²) in [5, 5.41) is 4.91. The first kappa shape index (κ1) is 22.4. The van der Waals surface area contributed by atoms with Crippen LogP contribution in [0.1, 0.15) is 22.8 Å². The second kappa shape index (κ2) is 10.2. The number of thioether (sulfide) groups is 1. The molecule has 0 atom stereocenters. The fourth-order valence-corrected chi connectivity index (χ4v) is 5.92. The molecule has 8 heteroatoms. The fourth-order valence-electron chi connectivity index (χ4n) is 3.75. The number of hydrogen-bond acceptors (Lipinski definition) is 6. The van der Waals surface area contributed by atoms with Gasteiger partial charge >= 0.3 is 0 Å². The molecule has 0 unspecified atom stereocenters. The van der Waals surface area contributed by atoms with E-state index in [9.17, 15) is 4.79 Å². The molecule has 0 aliphatic carbocycles. The largest absolute Gasteiger partial charge is 0.351 e. The summed E-state index contributed by atoms with van der Waals surface area (Å²) < 4.78 is 1.07. The number of nitrogens with one attached hydrogen (secondary N) is 1. The molecular formula is C23H27ClN4OS2. The molecule has 1 aliphatic heterocycles. The Labute approximate surface area is 196 Å². The summed E-state index contributed by atoms with van der Waals surface area (Å²) in [7, 11) is 0. The number of amides is 1. The van der Waals surface area contributed by atoms with E-state index in [0.717, 1.165) is 74.9 Å².